The third kappa shape index (κ3) is 4.71. The highest BCUT2D eigenvalue weighted by molar-refractivity contribution is 6.36. The second kappa shape index (κ2) is 7.42. The number of aromatic hydroxyl groups is 1. The first-order valence-corrected chi connectivity index (χ1v) is 8.17. The summed E-state index contributed by atoms with van der Waals surface area (Å²) < 4.78 is 13.8. The zero-order chi connectivity index (χ0) is 18.8. The van der Waals surface area contributed by atoms with Crippen LogP contribution in [-0.2, 0) is 5.67 Å². The predicted molar refractivity (Wildman–Crippen MR) is 98.4 cm³/mol. The molecule has 0 aromatic heterocycles. The summed E-state index contributed by atoms with van der Waals surface area (Å²) in [7, 11) is 0. The largest absolute Gasteiger partial charge is 0.506 e. The van der Waals surface area contributed by atoms with E-state index < -0.39 is 11.6 Å². The van der Waals surface area contributed by atoms with Crippen LogP contribution in [0.5, 0.6) is 5.75 Å². The van der Waals surface area contributed by atoms with E-state index in [9.17, 15) is 14.3 Å². The van der Waals surface area contributed by atoms with E-state index >= 15 is 0 Å². The molecule has 2 aromatic carbocycles. The molecule has 2 N–H and O–H groups in total. The molecule has 0 fully saturated rings. The molecule has 7 heteroatoms. The Labute approximate surface area is 155 Å². The first kappa shape index (κ1) is 19.2. The Morgan fingerprint density at radius 2 is 1.80 bits per heavy atom. The van der Waals surface area contributed by atoms with Crippen molar-refractivity contribution in [3.8, 4) is 5.75 Å². The molecular formula is C18H17Cl2FN2O2. The lowest BCUT2D eigenvalue weighted by Gasteiger charge is -2.14. The fraction of sp³-hybridized carbons (Fsp3) is 0.222. The van der Waals surface area contributed by atoms with E-state index in [1.807, 2.05) is 0 Å². The highest BCUT2D eigenvalue weighted by Gasteiger charge is 2.19. The summed E-state index contributed by atoms with van der Waals surface area (Å²) in [5.41, 5.74) is 2.35. The minimum Gasteiger partial charge on any atom is -0.506 e. The molecule has 0 aliphatic heterocycles. The van der Waals surface area contributed by atoms with Gasteiger partial charge in [0.1, 0.15) is 11.4 Å². The molecule has 0 heterocycles. The number of hydrogen-bond acceptors (Lipinski definition) is 3. The van der Waals surface area contributed by atoms with Crippen LogP contribution in [0.3, 0.4) is 0 Å². The van der Waals surface area contributed by atoms with Crippen LogP contribution in [0.4, 0.5) is 4.39 Å². The van der Waals surface area contributed by atoms with Gasteiger partial charge in [-0.3, -0.25) is 4.79 Å². The smallest absolute Gasteiger partial charge is 0.271 e. The zero-order valence-electron chi connectivity index (χ0n) is 13.9. The van der Waals surface area contributed by atoms with Crippen molar-refractivity contribution >= 4 is 34.8 Å². The Morgan fingerprint density at radius 3 is 2.36 bits per heavy atom. The first-order valence-electron chi connectivity index (χ1n) is 7.42. The third-order valence-corrected chi connectivity index (χ3v) is 4.08. The summed E-state index contributed by atoms with van der Waals surface area (Å²) >= 11 is 11.8. The number of benzene rings is 2. The molecule has 4 nitrogen and oxygen atoms in total. The molecule has 2 aromatic rings. The average molecular weight is 383 g/mol. The molecule has 2 rings (SSSR count). The summed E-state index contributed by atoms with van der Waals surface area (Å²) in [6.07, 6.45) is 0. The van der Waals surface area contributed by atoms with Gasteiger partial charge in [-0.25, -0.2) is 9.82 Å². The van der Waals surface area contributed by atoms with Crippen molar-refractivity contribution in [2.24, 2.45) is 5.10 Å². The number of alkyl halides is 1. The summed E-state index contributed by atoms with van der Waals surface area (Å²) in [6, 6.07) is 9.03. The van der Waals surface area contributed by atoms with Crippen LogP contribution in [0.2, 0.25) is 10.0 Å². The van der Waals surface area contributed by atoms with Crippen molar-refractivity contribution in [2.45, 2.75) is 26.4 Å². The van der Waals surface area contributed by atoms with Gasteiger partial charge in [0.05, 0.1) is 10.7 Å². The molecule has 0 bridgehead atoms. The predicted octanol–water partition coefficient (Wildman–Crippen LogP) is 5.06. The molecule has 0 aliphatic rings. The van der Waals surface area contributed by atoms with Crippen molar-refractivity contribution in [1.82, 2.24) is 5.43 Å². The van der Waals surface area contributed by atoms with Crippen molar-refractivity contribution in [3.63, 3.8) is 0 Å². The van der Waals surface area contributed by atoms with Crippen LogP contribution in [-0.4, -0.2) is 16.7 Å². The molecule has 0 radical (unpaired) electrons. The number of nitrogens with one attached hydrogen (secondary N) is 1. The number of nitrogens with zero attached hydrogens (tertiary/aromatic N) is 1. The van der Waals surface area contributed by atoms with Gasteiger partial charge in [0.2, 0.25) is 0 Å². The van der Waals surface area contributed by atoms with Gasteiger partial charge < -0.3 is 5.11 Å². The number of phenols is 1. The highest BCUT2D eigenvalue weighted by Crippen LogP contribution is 2.31. The van der Waals surface area contributed by atoms with Crippen LogP contribution >= 0.6 is 23.2 Å². The fourth-order valence-electron chi connectivity index (χ4n) is 2.12. The van der Waals surface area contributed by atoms with Gasteiger partial charge in [0, 0.05) is 16.1 Å². The lowest BCUT2D eigenvalue weighted by atomic mass is 9.99. The Kier molecular flexibility index (Phi) is 5.70. The van der Waals surface area contributed by atoms with Crippen molar-refractivity contribution < 1.29 is 14.3 Å². The monoisotopic (exact) mass is 382 g/mol. The Balaban J connectivity index is 2.17. The number of amides is 1. The van der Waals surface area contributed by atoms with E-state index in [4.69, 9.17) is 23.2 Å². The number of hydrazone groups is 1. The molecule has 0 saturated heterocycles. The maximum atomic E-state index is 13.8. The van der Waals surface area contributed by atoms with E-state index in [-0.39, 0.29) is 10.8 Å². The molecule has 0 atom stereocenters. The molecule has 1 amide bonds. The number of carbonyl (C=O) groups excluding carboxylic acids is 1. The van der Waals surface area contributed by atoms with Gasteiger partial charge in [-0.2, -0.15) is 5.10 Å². The maximum Gasteiger partial charge on any atom is 0.271 e. The molecule has 0 saturated carbocycles. The molecule has 132 valence electrons. The van der Waals surface area contributed by atoms with Crippen LogP contribution < -0.4 is 5.43 Å². The standard InChI is InChI=1S/C18H17Cl2FN2O2/c1-10(14-8-13(19)9-15(20)16(14)24)22-23-17(25)11-4-6-12(7-5-11)18(2,3)21/h4-9,24H,1-3H3,(H,23,25). The van der Waals surface area contributed by atoms with Crippen LogP contribution in [0.1, 0.15) is 42.3 Å². The Hall–Kier alpha value is -2.11. The molecule has 0 unspecified atom stereocenters. The van der Waals surface area contributed by atoms with Crippen LogP contribution in [0, 0.1) is 0 Å². The van der Waals surface area contributed by atoms with Gasteiger partial charge >= 0.3 is 0 Å². The molecule has 25 heavy (non-hydrogen) atoms. The lowest BCUT2D eigenvalue weighted by molar-refractivity contribution is 0.0954. The minimum atomic E-state index is -1.48. The van der Waals surface area contributed by atoms with Gasteiger partial charge in [0.25, 0.3) is 5.91 Å². The summed E-state index contributed by atoms with van der Waals surface area (Å²) in [6.45, 7) is 4.48. The van der Waals surface area contributed by atoms with Crippen LogP contribution in [0.25, 0.3) is 0 Å². The second-order valence-electron chi connectivity index (χ2n) is 5.97. The number of hydrogen-bond donors (Lipinski definition) is 2. The summed E-state index contributed by atoms with van der Waals surface area (Å²) in [4.78, 5) is 12.1. The number of carbonyl (C=O) groups is 1. The van der Waals surface area contributed by atoms with E-state index in [1.54, 1.807) is 19.1 Å². The van der Waals surface area contributed by atoms with Crippen LogP contribution in [0.15, 0.2) is 41.5 Å². The second-order valence-corrected chi connectivity index (χ2v) is 6.82. The first-order chi connectivity index (χ1) is 11.6. The normalized spacial score (nSPS) is 12.2. The molecular weight excluding hydrogens is 366 g/mol. The minimum absolute atomic E-state index is 0.0906. The molecule has 0 aliphatic carbocycles. The Morgan fingerprint density at radius 1 is 1.20 bits per heavy atom. The van der Waals surface area contributed by atoms with Crippen molar-refractivity contribution in [2.75, 3.05) is 0 Å². The topological polar surface area (TPSA) is 61.7 Å². The fourth-order valence-corrected chi connectivity index (χ4v) is 2.61. The van der Waals surface area contributed by atoms with Gasteiger partial charge in [0.15, 0.2) is 0 Å². The quantitative estimate of drug-likeness (QED) is 0.573. The number of halogens is 3. The number of phenolic OH excluding ortho intramolecular Hbond substituents is 1. The van der Waals surface area contributed by atoms with Crippen molar-refractivity contribution in [3.05, 3.63) is 63.1 Å². The zero-order valence-corrected chi connectivity index (χ0v) is 15.4. The van der Waals surface area contributed by atoms with Crippen molar-refractivity contribution in [1.29, 1.82) is 0 Å². The Bertz CT molecular complexity index is 828. The average Bonchev–Trinajstić information content (AvgIpc) is 2.55. The summed E-state index contributed by atoms with van der Waals surface area (Å²) in [5, 5.41) is 14.3. The third-order valence-electron chi connectivity index (χ3n) is 3.58. The SMILES string of the molecule is CC(=NNC(=O)c1ccc(C(C)(C)F)cc1)c1cc(Cl)cc(Cl)c1O. The van der Waals surface area contributed by atoms with E-state index in [1.165, 1.54) is 38.1 Å². The van der Waals surface area contributed by atoms with Gasteiger partial charge in [-0.05, 0) is 50.6 Å². The molecule has 0 spiro atoms. The maximum absolute atomic E-state index is 13.8. The van der Waals surface area contributed by atoms with E-state index in [2.05, 4.69) is 10.5 Å². The lowest BCUT2D eigenvalue weighted by Crippen LogP contribution is -2.19. The highest BCUT2D eigenvalue weighted by atomic mass is 35.5. The van der Waals surface area contributed by atoms with Gasteiger partial charge in [-0.1, -0.05) is 35.3 Å². The van der Waals surface area contributed by atoms with E-state index in [0.29, 0.717) is 27.4 Å². The van der Waals surface area contributed by atoms with Gasteiger partial charge in [-0.15, -0.1) is 0 Å². The summed E-state index contributed by atoms with van der Waals surface area (Å²) in [5.74, 6) is -0.633. The number of rotatable bonds is 4. The van der Waals surface area contributed by atoms with E-state index in [0.717, 1.165) is 0 Å².